The molecule has 5 heteroatoms. The van der Waals surface area contributed by atoms with Gasteiger partial charge in [0, 0.05) is 5.75 Å². The van der Waals surface area contributed by atoms with Crippen molar-refractivity contribution < 1.29 is 9.05 Å². The van der Waals surface area contributed by atoms with Crippen molar-refractivity contribution in [2.75, 3.05) is 12.4 Å². The zero-order chi connectivity index (χ0) is 30.9. The molecular formula is C38H71O2PS2. The molecule has 0 bridgehead atoms. The largest absolute Gasteiger partial charge is 0.436 e. The van der Waals surface area contributed by atoms with E-state index in [-0.39, 0.29) is 0 Å². The summed E-state index contributed by atoms with van der Waals surface area (Å²) in [6, 6.07) is 10.1. The number of hydrogen-bond acceptors (Lipinski definition) is 4. The molecule has 0 spiro atoms. The summed E-state index contributed by atoms with van der Waals surface area (Å²) >= 11 is 7.78. The van der Waals surface area contributed by atoms with Crippen LogP contribution in [0.15, 0.2) is 30.3 Å². The first-order chi connectivity index (χ1) is 21.2. The molecule has 0 aliphatic carbocycles. The minimum atomic E-state index is -2.36. The third-order valence-corrected chi connectivity index (χ3v) is 13.7. The van der Waals surface area contributed by atoms with Gasteiger partial charge in [-0.15, -0.1) is 0 Å². The van der Waals surface area contributed by atoms with Crippen molar-refractivity contribution in [3.05, 3.63) is 30.3 Å². The van der Waals surface area contributed by atoms with Crippen LogP contribution in [0.3, 0.4) is 0 Å². The number of para-hydroxylation sites is 1. The third kappa shape index (κ3) is 28.0. The van der Waals surface area contributed by atoms with Crippen LogP contribution in [0.4, 0.5) is 0 Å². The van der Waals surface area contributed by atoms with Crippen molar-refractivity contribution in [2.24, 2.45) is 0 Å². The van der Waals surface area contributed by atoms with Gasteiger partial charge in [-0.1, -0.05) is 210 Å². The molecular weight excluding hydrogens is 584 g/mol. The van der Waals surface area contributed by atoms with Gasteiger partial charge in [-0.05, 0) is 36.8 Å². The van der Waals surface area contributed by atoms with Gasteiger partial charge in [-0.25, -0.2) is 0 Å². The van der Waals surface area contributed by atoms with Gasteiger partial charge in [0.1, 0.15) is 5.75 Å². The number of rotatable bonds is 34. The van der Waals surface area contributed by atoms with E-state index in [1.165, 1.54) is 173 Å². The first-order valence-corrected chi connectivity index (χ1v) is 23.1. The van der Waals surface area contributed by atoms with E-state index in [0.29, 0.717) is 0 Å². The number of unbranched alkanes of at least 4 members (excludes halogenated alkanes) is 26. The van der Waals surface area contributed by atoms with Gasteiger partial charge >= 0.3 is 0 Å². The van der Waals surface area contributed by atoms with Gasteiger partial charge in [0.05, 0.1) is 6.61 Å². The summed E-state index contributed by atoms with van der Waals surface area (Å²) in [4.78, 5) is 0. The van der Waals surface area contributed by atoms with Crippen molar-refractivity contribution in [1.29, 1.82) is 0 Å². The van der Waals surface area contributed by atoms with Gasteiger partial charge in [0.25, 0.3) is 5.69 Å². The highest BCUT2D eigenvalue weighted by atomic mass is 32.9. The Morgan fingerprint density at radius 2 is 0.837 bits per heavy atom. The van der Waals surface area contributed by atoms with Crippen molar-refractivity contribution >= 4 is 28.9 Å². The molecule has 0 aromatic heterocycles. The second-order valence-corrected chi connectivity index (χ2v) is 19.1. The lowest BCUT2D eigenvalue weighted by atomic mass is 10.0. The Bertz CT molecular complexity index is 692. The average Bonchev–Trinajstić information content (AvgIpc) is 3.01. The van der Waals surface area contributed by atoms with Gasteiger partial charge in [0.15, 0.2) is 0 Å². The summed E-state index contributed by atoms with van der Waals surface area (Å²) < 4.78 is 12.6. The van der Waals surface area contributed by atoms with E-state index in [9.17, 15) is 0 Å². The molecule has 0 radical (unpaired) electrons. The Balaban J connectivity index is 2.08. The standard InChI is InChI=1S/C38H71O2PS2/c1-3-5-7-9-11-13-15-17-19-21-23-25-27-32-36-39-41(42,40-38-34-30-29-31-35-38)43-37-33-28-26-24-22-20-18-16-14-12-10-8-6-4-2/h29-31,34-35H,3-28,32-33,36-37H2,1-2H3. The van der Waals surface area contributed by atoms with Gasteiger partial charge in [0.2, 0.25) is 0 Å². The molecule has 0 fully saturated rings. The van der Waals surface area contributed by atoms with Gasteiger partial charge < -0.3 is 9.05 Å². The minimum Gasteiger partial charge on any atom is -0.436 e. The fourth-order valence-corrected chi connectivity index (χ4v) is 10.2. The van der Waals surface area contributed by atoms with E-state index in [1.54, 1.807) is 11.4 Å². The highest BCUT2D eigenvalue weighted by Gasteiger charge is 2.21. The predicted octanol–water partition coefficient (Wildman–Crippen LogP) is 15.0. The second kappa shape index (κ2) is 31.9. The highest BCUT2D eigenvalue weighted by molar-refractivity contribution is 8.68. The van der Waals surface area contributed by atoms with Crippen molar-refractivity contribution in [3.8, 4) is 5.75 Å². The minimum absolute atomic E-state index is 0.730. The zero-order valence-electron chi connectivity index (χ0n) is 28.7. The van der Waals surface area contributed by atoms with Crippen molar-refractivity contribution in [3.63, 3.8) is 0 Å². The molecule has 0 N–H and O–H groups in total. The Morgan fingerprint density at radius 1 is 0.488 bits per heavy atom. The van der Waals surface area contributed by atoms with Crippen LogP contribution in [-0.2, 0) is 16.3 Å². The summed E-state index contributed by atoms with van der Waals surface area (Å²) in [6.07, 6.45) is 38.7. The maximum absolute atomic E-state index is 6.33. The lowest BCUT2D eigenvalue weighted by molar-refractivity contribution is 0.310. The second-order valence-electron chi connectivity index (χ2n) is 12.7. The summed E-state index contributed by atoms with van der Waals surface area (Å²) in [5.74, 6) is 1.89. The third-order valence-electron chi connectivity index (χ3n) is 8.46. The van der Waals surface area contributed by atoms with Crippen LogP contribution in [0.1, 0.15) is 194 Å². The van der Waals surface area contributed by atoms with Crippen LogP contribution in [-0.4, -0.2) is 12.4 Å². The molecule has 0 aliphatic rings. The molecule has 0 heterocycles. The van der Waals surface area contributed by atoms with Crippen LogP contribution in [0.5, 0.6) is 5.75 Å². The fourth-order valence-electron chi connectivity index (χ4n) is 5.65. The predicted molar refractivity (Wildman–Crippen MR) is 200 cm³/mol. The zero-order valence-corrected chi connectivity index (χ0v) is 31.2. The Labute approximate surface area is 279 Å². The Morgan fingerprint density at radius 3 is 1.23 bits per heavy atom. The Hall–Kier alpha value is -0.0200. The molecule has 1 unspecified atom stereocenters. The molecule has 2 nitrogen and oxygen atoms in total. The molecule has 43 heavy (non-hydrogen) atoms. The molecule has 1 rings (SSSR count). The first-order valence-electron chi connectivity index (χ1n) is 18.8. The summed E-state index contributed by atoms with van der Waals surface area (Å²) in [5.41, 5.74) is -2.36. The van der Waals surface area contributed by atoms with E-state index in [0.717, 1.165) is 24.5 Å². The van der Waals surface area contributed by atoms with Crippen LogP contribution in [0.2, 0.25) is 0 Å². The molecule has 0 amide bonds. The number of hydrogen-bond donors (Lipinski definition) is 0. The lowest BCUT2D eigenvalue weighted by Gasteiger charge is -2.22. The fraction of sp³-hybridized carbons (Fsp3) is 0.842. The molecule has 0 saturated heterocycles. The lowest BCUT2D eigenvalue weighted by Crippen LogP contribution is -1.98. The van der Waals surface area contributed by atoms with Crippen LogP contribution < -0.4 is 4.52 Å². The molecule has 1 aromatic carbocycles. The SMILES string of the molecule is CCCCCCCCCCCCCCCCOP(=S)(Oc1ccccc1)SCCCCCCCCCCCCCCCC. The van der Waals surface area contributed by atoms with Crippen molar-refractivity contribution in [1.82, 2.24) is 0 Å². The first kappa shape index (κ1) is 41.0. The quantitative estimate of drug-likeness (QED) is 0.0543. The van der Waals surface area contributed by atoms with Crippen LogP contribution >= 0.6 is 17.1 Å². The van der Waals surface area contributed by atoms with E-state index in [2.05, 4.69) is 13.8 Å². The smallest absolute Gasteiger partial charge is 0.297 e. The molecule has 1 atom stereocenters. The summed E-state index contributed by atoms with van der Waals surface area (Å²) in [5, 5.41) is 0. The maximum Gasteiger partial charge on any atom is 0.297 e. The van der Waals surface area contributed by atoms with E-state index >= 15 is 0 Å². The molecule has 252 valence electrons. The number of benzene rings is 1. The average molecular weight is 655 g/mol. The topological polar surface area (TPSA) is 18.5 Å². The normalized spacial score (nSPS) is 12.9. The highest BCUT2D eigenvalue weighted by Crippen LogP contribution is 2.60. The van der Waals surface area contributed by atoms with E-state index < -0.39 is 5.69 Å². The van der Waals surface area contributed by atoms with Crippen LogP contribution in [0, 0.1) is 0 Å². The molecule has 0 saturated carbocycles. The maximum atomic E-state index is 6.33. The molecule has 0 aliphatic heterocycles. The molecule has 1 aromatic rings. The van der Waals surface area contributed by atoms with E-state index in [4.69, 9.17) is 20.9 Å². The summed E-state index contributed by atoms with van der Waals surface area (Å²) in [6.45, 7) is 5.32. The van der Waals surface area contributed by atoms with E-state index in [1.807, 2.05) is 30.3 Å². The monoisotopic (exact) mass is 654 g/mol. The van der Waals surface area contributed by atoms with Crippen molar-refractivity contribution in [2.45, 2.75) is 194 Å². The summed E-state index contributed by atoms with van der Waals surface area (Å²) in [7, 11) is 0. The van der Waals surface area contributed by atoms with Crippen LogP contribution in [0.25, 0.3) is 0 Å². The van der Waals surface area contributed by atoms with Gasteiger partial charge in [-0.2, -0.15) is 0 Å². The Kier molecular flexibility index (Phi) is 30.5. The van der Waals surface area contributed by atoms with Gasteiger partial charge in [-0.3, -0.25) is 0 Å².